The molecule has 0 aliphatic rings. The van der Waals surface area contributed by atoms with Gasteiger partial charge in [-0.1, -0.05) is 12.1 Å². The van der Waals surface area contributed by atoms with Crippen molar-refractivity contribution >= 4 is 12.1 Å². The van der Waals surface area contributed by atoms with E-state index in [0.717, 1.165) is 28.9 Å². The number of carbonyl (C=O) groups excluding carboxylic acids is 1. The van der Waals surface area contributed by atoms with Gasteiger partial charge in [0.1, 0.15) is 0 Å². The summed E-state index contributed by atoms with van der Waals surface area (Å²) in [5.41, 5.74) is 3.95. The predicted molar refractivity (Wildman–Crippen MR) is 87.0 cm³/mol. The molecule has 23 heavy (non-hydrogen) atoms. The van der Waals surface area contributed by atoms with Crippen molar-refractivity contribution in [3.05, 3.63) is 69.0 Å². The molecule has 0 N–H and O–H groups in total. The summed E-state index contributed by atoms with van der Waals surface area (Å²) >= 11 is 0. The van der Waals surface area contributed by atoms with Gasteiger partial charge in [-0.05, 0) is 43.5 Å². The SMILES string of the molecule is Cc1cc(CN(C=O)CCc2ccc([N+](=O)[O-])cc2)cc(C)n1. The zero-order valence-corrected chi connectivity index (χ0v) is 13.2. The Morgan fingerprint density at radius 3 is 2.26 bits per heavy atom. The first-order valence-electron chi connectivity index (χ1n) is 7.35. The molecule has 2 aromatic rings. The first kappa shape index (κ1) is 16.6. The van der Waals surface area contributed by atoms with Gasteiger partial charge < -0.3 is 4.90 Å². The predicted octanol–water partition coefficient (Wildman–Crippen LogP) is 2.81. The lowest BCUT2D eigenvalue weighted by atomic mass is 10.1. The van der Waals surface area contributed by atoms with Crippen molar-refractivity contribution < 1.29 is 9.72 Å². The highest BCUT2D eigenvalue weighted by Gasteiger charge is 2.07. The summed E-state index contributed by atoms with van der Waals surface area (Å²) in [5, 5.41) is 10.6. The number of aromatic nitrogens is 1. The van der Waals surface area contributed by atoms with Crippen molar-refractivity contribution in [1.82, 2.24) is 9.88 Å². The monoisotopic (exact) mass is 313 g/mol. The number of nitro benzene ring substituents is 1. The van der Waals surface area contributed by atoms with Gasteiger partial charge >= 0.3 is 0 Å². The van der Waals surface area contributed by atoms with Crippen LogP contribution in [0.15, 0.2) is 36.4 Å². The Morgan fingerprint density at radius 1 is 1.13 bits per heavy atom. The molecule has 0 saturated carbocycles. The van der Waals surface area contributed by atoms with E-state index in [0.29, 0.717) is 19.5 Å². The Kier molecular flexibility index (Phi) is 5.41. The van der Waals surface area contributed by atoms with E-state index in [-0.39, 0.29) is 5.69 Å². The Hall–Kier alpha value is -2.76. The molecule has 1 heterocycles. The molecule has 0 aliphatic carbocycles. The lowest BCUT2D eigenvalue weighted by Gasteiger charge is -2.18. The van der Waals surface area contributed by atoms with Crippen molar-refractivity contribution in [2.75, 3.05) is 6.54 Å². The maximum absolute atomic E-state index is 11.3. The molecule has 0 saturated heterocycles. The molecule has 6 nitrogen and oxygen atoms in total. The van der Waals surface area contributed by atoms with Crippen LogP contribution in [0, 0.1) is 24.0 Å². The molecule has 1 aromatic heterocycles. The number of rotatable bonds is 7. The number of non-ortho nitro benzene ring substituents is 1. The number of nitrogens with zero attached hydrogens (tertiary/aromatic N) is 3. The molecule has 0 bridgehead atoms. The van der Waals surface area contributed by atoms with Crippen LogP contribution in [0.3, 0.4) is 0 Å². The average molecular weight is 313 g/mol. The van der Waals surface area contributed by atoms with Crippen LogP contribution in [0.25, 0.3) is 0 Å². The number of benzene rings is 1. The lowest BCUT2D eigenvalue weighted by molar-refractivity contribution is -0.384. The second-order valence-corrected chi connectivity index (χ2v) is 5.51. The maximum Gasteiger partial charge on any atom is 0.269 e. The third-order valence-corrected chi connectivity index (χ3v) is 3.51. The molecule has 6 heteroatoms. The summed E-state index contributed by atoms with van der Waals surface area (Å²) in [6.45, 7) is 4.94. The lowest BCUT2D eigenvalue weighted by Crippen LogP contribution is -2.24. The fourth-order valence-electron chi connectivity index (χ4n) is 2.47. The molecule has 0 atom stereocenters. The fraction of sp³-hybridized carbons (Fsp3) is 0.294. The van der Waals surface area contributed by atoms with Crippen LogP contribution >= 0.6 is 0 Å². The van der Waals surface area contributed by atoms with Crippen LogP contribution in [0.1, 0.15) is 22.5 Å². The molecule has 120 valence electrons. The van der Waals surface area contributed by atoms with Crippen molar-refractivity contribution in [1.29, 1.82) is 0 Å². The van der Waals surface area contributed by atoms with Crippen molar-refractivity contribution in [3.8, 4) is 0 Å². The van der Waals surface area contributed by atoms with Crippen LogP contribution in [0.5, 0.6) is 0 Å². The third kappa shape index (κ3) is 4.88. The summed E-state index contributed by atoms with van der Waals surface area (Å²) in [6.07, 6.45) is 1.48. The van der Waals surface area contributed by atoms with E-state index in [1.807, 2.05) is 26.0 Å². The smallest absolute Gasteiger partial charge is 0.269 e. The quantitative estimate of drug-likeness (QED) is 0.447. The van der Waals surface area contributed by atoms with E-state index in [1.54, 1.807) is 17.0 Å². The highest BCUT2D eigenvalue weighted by Crippen LogP contribution is 2.13. The summed E-state index contributed by atoms with van der Waals surface area (Å²) in [7, 11) is 0. The largest absolute Gasteiger partial charge is 0.341 e. The number of hydrogen-bond acceptors (Lipinski definition) is 4. The van der Waals surface area contributed by atoms with Gasteiger partial charge in [-0.3, -0.25) is 19.9 Å². The molecule has 0 radical (unpaired) electrons. The molecule has 1 aromatic carbocycles. The average Bonchev–Trinajstić information content (AvgIpc) is 2.50. The molecule has 0 unspecified atom stereocenters. The number of amides is 1. The molecule has 0 aliphatic heterocycles. The number of hydrogen-bond donors (Lipinski definition) is 0. The summed E-state index contributed by atoms with van der Waals surface area (Å²) in [6, 6.07) is 10.3. The maximum atomic E-state index is 11.3. The van der Waals surface area contributed by atoms with Gasteiger partial charge in [0.2, 0.25) is 6.41 Å². The molecule has 0 fully saturated rings. The first-order chi connectivity index (χ1) is 11.0. The third-order valence-electron chi connectivity index (χ3n) is 3.51. The summed E-state index contributed by atoms with van der Waals surface area (Å²) < 4.78 is 0. The minimum atomic E-state index is -0.421. The van der Waals surface area contributed by atoms with E-state index in [2.05, 4.69) is 4.98 Å². The highest BCUT2D eigenvalue weighted by atomic mass is 16.6. The van der Waals surface area contributed by atoms with E-state index in [1.165, 1.54) is 12.1 Å². The molecule has 0 spiro atoms. The molecular formula is C17H19N3O3. The number of nitro groups is 1. The van der Waals surface area contributed by atoms with Gasteiger partial charge in [0.05, 0.1) is 4.92 Å². The van der Waals surface area contributed by atoms with Gasteiger partial charge in [-0.15, -0.1) is 0 Å². The van der Waals surface area contributed by atoms with Crippen LogP contribution in [-0.4, -0.2) is 27.8 Å². The summed E-state index contributed by atoms with van der Waals surface area (Å²) in [4.78, 5) is 27.5. The van der Waals surface area contributed by atoms with Crippen molar-refractivity contribution in [2.24, 2.45) is 0 Å². The van der Waals surface area contributed by atoms with Crippen LogP contribution in [0.4, 0.5) is 5.69 Å². The van der Waals surface area contributed by atoms with E-state index in [9.17, 15) is 14.9 Å². The minimum absolute atomic E-state index is 0.0729. The zero-order chi connectivity index (χ0) is 16.8. The topological polar surface area (TPSA) is 76.3 Å². The Morgan fingerprint density at radius 2 is 1.74 bits per heavy atom. The first-order valence-corrected chi connectivity index (χ1v) is 7.35. The van der Waals surface area contributed by atoms with Gasteiger partial charge in [0, 0.05) is 36.6 Å². The molecule has 2 rings (SSSR count). The van der Waals surface area contributed by atoms with Gasteiger partial charge in [0.15, 0.2) is 0 Å². The summed E-state index contributed by atoms with van der Waals surface area (Å²) in [5.74, 6) is 0. The van der Waals surface area contributed by atoms with E-state index < -0.39 is 4.92 Å². The van der Waals surface area contributed by atoms with Crippen LogP contribution < -0.4 is 0 Å². The Bertz CT molecular complexity index is 678. The van der Waals surface area contributed by atoms with Crippen LogP contribution in [0.2, 0.25) is 0 Å². The van der Waals surface area contributed by atoms with Crippen LogP contribution in [-0.2, 0) is 17.8 Å². The van der Waals surface area contributed by atoms with E-state index in [4.69, 9.17) is 0 Å². The molecule has 1 amide bonds. The number of aryl methyl sites for hydroxylation is 2. The normalized spacial score (nSPS) is 10.3. The molecular weight excluding hydrogens is 294 g/mol. The van der Waals surface area contributed by atoms with Gasteiger partial charge in [-0.25, -0.2) is 0 Å². The van der Waals surface area contributed by atoms with Crippen molar-refractivity contribution in [3.63, 3.8) is 0 Å². The second kappa shape index (κ2) is 7.49. The van der Waals surface area contributed by atoms with Gasteiger partial charge in [-0.2, -0.15) is 0 Å². The minimum Gasteiger partial charge on any atom is -0.341 e. The Balaban J connectivity index is 1.96. The van der Waals surface area contributed by atoms with Crippen molar-refractivity contribution in [2.45, 2.75) is 26.8 Å². The van der Waals surface area contributed by atoms with Gasteiger partial charge in [0.25, 0.3) is 5.69 Å². The number of pyridine rings is 1. The number of carbonyl (C=O) groups is 1. The standard InChI is InChI=1S/C17H19N3O3/c1-13-9-16(10-14(2)18-13)11-19(12-21)8-7-15-3-5-17(6-4-15)20(22)23/h3-6,9-10,12H,7-8,11H2,1-2H3. The Labute approximate surface area is 134 Å². The fourth-order valence-corrected chi connectivity index (χ4v) is 2.47. The van der Waals surface area contributed by atoms with E-state index >= 15 is 0 Å². The highest BCUT2D eigenvalue weighted by molar-refractivity contribution is 5.47. The zero-order valence-electron chi connectivity index (χ0n) is 13.2. The second-order valence-electron chi connectivity index (χ2n) is 5.51.